The van der Waals surface area contributed by atoms with Crippen molar-refractivity contribution in [3.63, 3.8) is 0 Å². The van der Waals surface area contributed by atoms with E-state index < -0.39 is 43.0 Å². The maximum atomic E-state index is 11.9. The number of aliphatic hydroxyl groups is 4. The predicted octanol–water partition coefficient (Wildman–Crippen LogP) is -2.30. The van der Waals surface area contributed by atoms with Crippen LogP contribution in [0.3, 0.4) is 0 Å². The van der Waals surface area contributed by atoms with Gasteiger partial charge in [-0.05, 0) is 5.53 Å². The van der Waals surface area contributed by atoms with E-state index in [0.717, 1.165) is 0 Å². The number of hydrogen-bond donors (Lipinski definition) is 5. The zero-order valence-corrected chi connectivity index (χ0v) is 16.1. The minimum atomic E-state index is -1.50. The van der Waals surface area contributed by atoms with Gasteiger partial charge < -0.3 is 44.7 Å². The fraction of sp³-hybridized carbons (Fsp3) is 0.938. The first-order chi connectivity index (χ1) is 14.0. The molecule has 1 amide bonds. The number of carbonyl (C=O) groups is 1. The van der Waals surface area contributed by atoms with Crippen molar-refractivity contribution in [1.29, 1.82) is 0 Å². The number of aliphatic hydroxyl groups excluding tert-OH is 4. The highest BCUT2D eigenvalue weighted by atomic mass is 16.5. The van der Waals surface area contributed by atoms with E-state index in [0.29, 0.717) is 33.0 Å². The third-order valence-electron chi connectivity index (χ3n) is 4.09. The van der Waals surface area contributed by atoms with Crippen molar-refractivity contribution in [1.82, 2.24) is 5.32 Å². The molecule has 1 aliphatic heterocycles. The minimum Gasteiger partial charge on any atom is -0.394 e. The molecule has 0 aliphatic carbocycles. The van der Waals surface area contributed by atoms with Crippen LogP contribution in [0.15, 0.2) is 5.11 Å². The van der Waals surface area contributed by atoms with Gasteiger partial charge in [-0.1, -0.05) is 5.11 Å². The molecule has 13 heteroatoms. The van der Waals surface area contributed by atoms with Crippen LogP contribution in [0.1, 0.15) is 6.42 Å². The maximum absolute atomic E-state index is 11.9. The van der Waals surface area contributed by atoms with Gasteiger partial charge in [0.2, 0.25) is 5.91 Å². The monoisotopic (exact) mass is 422 g/mol. The van der Waals surface area contributed by atoms with Crippen molar-refractivity contribution in [2.75, 3.05) is 59.3 Å². The molecule has 0 unspecified atom stereocenters. The number of amides is 1. The Bertz CT molecular complexity index is 505. The molecule has 1 fully saturated rings. The van der Waals surface area contributed by atoms with Gasteiger partial charge in [0, 0.05) is 18.0 Å². The number of nitrogens with one attached hydrogen (secondary N) is 1. The number of nitrogens with zero attached hydrogens (tertiary/aromatic N) is 3. The summed E-state index contributed by atoms with van der Waals surface area (Å²) in [6, 6.07) is 0. The lowest BCUT2D eigenvalue weighted by Gasteiger charge is -2.39. The second-order valence-electron chi connectivity index (χ2n) is 6.21. The zero-order valence-electron chi connectivity index (χ0n) is 16.1. The molecule has 0 aromatic rings. The van der Waals surface area contributed by atoms with E-state index in [9.17, 15) is 20.1 Å². The summed E-state index contributed by atoms with van der Waals surface area (Å²) in [7, 11) is 0. The molecule has 168 valence electrons. The molecule has 0 radical (unpaired) electrons. The maximum Gasteiger partial charge on any atom is 0.222 e. The van der Waals surface area contributed by atoms with Crippen molar-refractivity contribution in [2.45, 2.75) is 36.9 Å². The van der Waals surface area contributed by atoms with Crippen LogP contribution in [-0.4, -0.2) is 116 Å². The molecule has 0 aromatic heterocycles. The highest BCUT2D eigenvalue weighted by molar-refractivity contribution is 5.76. The number of carbonyl (C=O) groups excluding carboxylic acids is 1. The molecule has 1 rings (SSSR count). The summed E-state index contributed by atoms with van der Waals surface area (Å²) in [5.74, 6) is -0.424. The van der Waals surface area contributed by atoms with E-state index in [1.807, 2.05) is 0 Å². The van der Waals surface area contributed by atoms with E-state index >= 15 is 0 Å². The predicted molar refractivity (Wildman–Crippen MR) is 97.9 cm³/mol. The van der Waals surface area contributed by atoms with Crippen LogP contribution in [-0.2, 0) is 23.7 Å². The molecular formula is C16H30N4O9. The Morgan fingerprint density at radius 2 is 1.55 bits per heavy atom. The van der Waals surface area contributed by atoms with Crippen LogP contribution in [0.5, 0.6) is 0 Å². The number of hydrogen-bond acceptors (Lipinski definition) is 10. The van der Waals surface area contributed by atoms with Gasteiger partial charge in [0.05, 0.1) is 58.8 Å². The summed E-state index contributed by atoms with van der Waals surface area (Å²) in [5, 5.41) is 44.3. The Kier molecular flexibility index (Phi) is 13.5. The Hall–Kier alpha value is -1.54. The summed E-state index contributed by atoms with van der Waals surface area (Å²) >= 11 is 0. The van der Waals surface area contributed by atoms with Gasteiger partial charge >= 0.3 is 0 Å². The van der Waals surface area contributed by atoms with E-state index in [2.05, 4.69) is 15.3 Å². The Labute approximate surface area is 168 Å². The SMILES string of the molecule is [N-]=[N+]=NCCOCCOCCOCCNC(=O)C[C@H]1O[C@H](CO)[C@@H](O)[C@H](O)[C@@H]1O. The molecule has 0 saturated carbocycles. The molecule has 5 N–H and O–H groups in total. The largest absolute Gasteiger partial charge is 0.394 e. The molecule has 0 aromatic carbocycles. The van der Waals surface area contributed by atoms with Crippen LogP contribution in [0.25, 0.3) is 10.4 Å². The normalized spacial score (nSPS) is 26.7. The van der Waals surface area contributed by atoms with E-state index in [1.54, 1.807) is 0 Å². The minimum absolute atomic E-state index is 0.232. The Morgan fingerprint density at radius 3 is 2.17 bits per heavy atom. The topological polar surface area (TPSA) is 196 Å². The highest BCUT2D eigenvalue weighted by Crippen LogP contribution is 2.22. The average Bonchev–Trinajstić information content (AvgIpc) is 2.71. The molecule has 0 spiro atoms. The van der Waals surface area contributed by atoms with Gasteiger partial charge in [0.1, 0.15) is 24.4 Å². The van der Waals surface area contributed by atoms with Crippen molar-refractivity contribution >= 4 is 5.91 Å². The van der Waals surface area contributed by atoms with Crippen molar-refractivity contribution in [3.8, 4) is 0 Å². The van der Waals surface area contributed by atoms with Gasteiger partial charge in [0.15, 0.2) is 0 Å². The first-order valence-electron chi connectivity index (χ1n) is 9.32. The van der Waals surface area contributed by atoms with Gasteiger partial charge in [-0.25, -0.2) is 0 Å². The van der Waals surface area contributed by atoms with Crippen molar-refractivity contribution in [2.24, 2.45) is 5.11 Å². The van der Waals surface area contributed by atoms with Crippen LogP contribution in [0.4, 0.5) is 0 Å². The first-order valence-corrected chi connectivity index (χ1v) is 9.32. The molecule has 1 aliphatic rings. The summed E-state index contributed by atoms with van der Waals surface area (Å²) < 4.78 is 21.0. The molecular weight excluding hydrogens is 392 g/mol. The lowest BCUT2D eigenvalue weighted by Crippen LogP contribution is -2.59. The number of ether oxygens (including phenoxy) is 4. The number of rotatable bonds is 15. The summed E-state index contributed by atoms with van der Waals surface area (Å²) in [6.45, 7) is 2.03. The van der Waals surface area contributed by atoms with Crippen LogP contribution in [0.2, 0.25) is 0 Å². The van der Waals surface area contributed by atoms with Gasteiger partial charge in [-0.3, -0.25) is 4.79 Å². The lowest BCUT2D eigenvalue weighted by molar-refractivity contribution is -0.229. The molecule has 0 bridgehead atoms. The highest BCUT2D eigenvalue weighted by Gasteiger charge is 2.43. The lowest BCUT2D eigenvalue weighted by atomic mass is 9.93. The Morgan fingerprint density at radius 1 is 0.966 bits per heavy atom. The summed E-state index contributed by atoms with van der Waals surface area (Å²) in [5.41, 5.74) is 8.08. The third kappa shape index (κ3) is 10.2. The van der Waals surface area contributed by atoms with Gasteiger partial charge in [-0.15, -0.1) is 0 Å². The second kappa shape index (κ2) is 15.3. The zero-order chi connectivity index (χ0) is 21.5. The second-order valence-corrected chi connectivity index (χ2v) is 6.21. The molecule has 1 saturated heterocycles. The van der Waals surface area contributed by atoms with Gasteiger partial charge in [0.25, 0.3) is 0 Å². The molecule has 1 heterocycles. The fourth-order valence-electron chi connectivity index (χ4n) is 2.56. The van der Waals surface area contributed by atoms with Crippen molar-refractivity contribution in [3.05, 3.63) is 10.4 Å². The Balaban J connectivity index is 2.02. The van der Waals surface area contributed by atoms with Crippen molar-refractivity contribution < 1.29 is 44.2 Å². The van der Waals surface area contributed by atoms with E-state index in [4.69, 9.17) is 29.6 Å². The van der Waals surface area contributed by atoms with Crippen LogP contribution in [0, 0.1) is 0 Å². The smallest absolute Gasteiger partial charge is 0.222 e. The summed E-state index contributed by atoms with van der Waals surface area (Å²) in [6.07, 6.45) is -6.69. The standard InChI is InChI=1S/C16H30N4O9/c17-20-19-2-4-27-6-8-28-7-5-26-3-1-18-13(22)9-11-14(23)16(25)15(24)12(10-21)29-11/h11-12,14-16,21,23-25H,1-10H2,(H,18,22)/t11-,12-,14-,15-,16-/m1/s1. The molecule has 13 nitrogen and oxygen atoms in total. The van der Waals surface area contributed by atoms with E-state index in [1.165, 1.54) is 0 Å². The fourth-order valence-corrected chi connectivity index (χ4v) is 2.56. The first kappa shape index (κ1) is 25.5. The number of azide groups is 1. The molecule has 5 atom stereocenters. The van der Waals surface area contributed by atoms with Crippen LogP contribution < -0.4 is 5.32 Å². The van der Waals surface area contributed by atoms with E-state index in [-0.39, 0.29) is 26.1 Å². The van der Waals surface area contributed by atoms with Gasteiger partial charge in [-0.2, -0.15) is 0 Å². The van der Waals surface area contributed by atoms with Crippen LogP contribution >= 0.6 is 0 Å². The summed E-state index contributed by atoms with van der Waals surface area (Å²) in [4.78, 5) is 14.5. The third-order valence-corrected chi connectivity index (χ3v) is 4.09. The quantitative estimate of drug-likeness (QED) is 0.0833. The average molecular weight is 422 g/mol. The molecule has 29 heavy (non-hydrogen) atoms.